The Morgan fingerprint density at radius 2 is 2.07 bits per heavy atom. The molecule has 27 heavy (non-hydrogen) atoms. The van der Waals surface area contributed by atoms with Crippen LogP contribution in [0.4, 0.5) is 5.13 Å². The maximum Gasteiger partial charge on any atom is 0.225 e. The van der Waals surface area contributed by atoms with Gasteiger partial charge < -0.3 is 10.2 Å². The Bertz CT molecular complexity index is 762. The molecule has 1 aliphatic heterocycles. The van der Waals surface area contributed by atoms with Gasteiger partial charge in [0.2, 0.25) is 11.0 Å². The summed E-state index contributed by atoms with van der Waals surface area (Å²) in [6, 6.07) is 7.97. The topological polar surface area (TPSA) is 58.1 Å². The number of nitrogens with zero attached hydrogens (tertiary/aromatic N) is 3. The number of piperidine rings is 1. The van der Waals surface area contributed by atoms with Crippen LogP contribution in [0.1, 0.15) is 45.0 Å². The van der Waals surface area contributed by atoms with Crippen LogP contribution in [0.25, 0.3) is 0 Å². The molecule has 1 aliphatic rings. The number of aromatic nitrogens is 2. The fourth-order valence-electron chi connectivity index (χ4n) is 3.10. The lowest BCUT2D eigenvalue weighted by atomic mass is 9.96. The fourth-order valence-corrected chi connectivity index (χ4v) is 3.95. The van der Waals surface area contributed by atoms with Gasteiger partial charge in [0.15, 0.2) is 0 Å². The van der Waals surface area contributed by atoms with Crippen molar-refractivity contribution in [3.05, 3.63) is 40.7 Å². The van der Waals surface area contributed by atoms with E-state index >= 15 is 0 Å². The van der Waals surface area contributed by atoms with E-state index in [-0.39, 0.29) is 17.9 Å². The molecule has 1 amide bonds. The summed E-state index contributed by atoms with van der Waals surface area (Å²) in [4.78, 5) is 19.5. The molecule has 2 heterocycles. The van der Waals surface area contributed by atoms with Gasteiger partial charge in [-0.15, -0.1) is 0 Å². The van der Waals surface area contributed by atoms with Crippen LogP contribution in [0.5, 0.6) is 0 Å². The molecule has 1 N–H and O–H groups in total. The average molecular weight is 407 g/mol. The molecule has 1 saturated heterocycles. The van der Waals surface area contributed by atoms with Crippen LogP contribution in [-0.2, 0) is 11.2 Å². The standard InChI is InChI=1S/C20H27ClN4OS/c1-13(2)14(3)22-19(26)16-5-4-10-25(12-16)20-23-18(24-27-20)11-15-6-8-17(21)9-7-15/h6-9,13-14,16H,4-5,10-12H2,1-3H3,(H,22,26)/t14-,16+/m0/s1. The minimum Gasteiger partial charge on any atom is -0.353 e. The lowest BCUT2D eigenvalue weighted by molar-refractivity contribution is -0.126. The highest BCUT2D eigenvalue weighted by Crippen LogP contribution is 2.26. The van der Waals surface area contributed by atoms with Gasteiger partial charge in [0, 0.05) is 42.1 Å². The van der Waals surface area contributed by atoms with E-state index in [0.717, 1.165) is 40.9 Å². The minimum atomic E-state index is 0.0172. The first-order valence-corrected chi connectivity index (χ1v) is 10.7. The number of anilines is 1. The number of nitrogens with one attached hydrogen (secondary N) is 1. The van der Waals surface area contributed by atoms with Gasteiger partial charge in [0.1, 0.15) is 5.82 Å². The Balaban J connectivity index is 1.60. The number of rotatable bonds is 6. The summed E-state index contributed by atoms with van der Waals surface area (Å²) in [6.45, 7) is 7.96. The van der Waals surface area contributed by atoms with Gasteiger partial charge in [-0.25, -0.2) is 4.98 Å². The Kier molecular flexibility index (Phi) is 6.71. The van der Waals surface area contributed by atoms with Gasteiger partial charge in [0.05, 0.1) is 5.92 Å². The number of hydrogen-bond donors (Lipinski definition) is 1. The van der Waals surface area contributed by atoms with E-state index in [1.54, 1.807) is 0 Å². The van der Waals surface area contributed by atoms with Crippen molar-refractivity contribution in [2.24, 2.45) is 11.8 Å². The highest BCUT2D eigenvalue weighted by Gasteiger charge is 2.28. The Morgan fingerprint density at radius 1 is 1.33 bits per heavy atom. The molecule has 5 nitrogen and oxygen atoms in total. The van der Waals surface area contributed by atoms with Crippen LogP contribution in [0, 0.1) is 11.8 Å². The molecule has 1 fully saturated rings. The first-order chi connectivity index (χ1) is 12.9. The molecule has 2 atom stereocenters. The summed E-state index contributed by atoms with van der Waals surface area (Å²) in [7, 11) is 0. The monoisotopic (exact) mass is 406 g/mol. The van der Waals surface area contributed by atoms with E-state index in [0.29, 0.717) is 18.9 Å². The lowest BCUT2D eigenvalue weighted by Gasteiger charge is -2.32. The van der Waals surface area contributed by atoms with Crippen LogP contribution >= 0.6 is 23.1 Å². The van der Waals surface area contributed by atoms with Crippen LogP contribution in [0.2, 0.25) is 5.02 Å². The molecule has 1 aromatic heterocycles. The molecule has 0 unspecified atom stereocenters. The zero-order valence-electron chi connectivity index (χ0n) is 16.1. The predicted octanol–water partition coefficient (Wildman–Crippen LogP) is 4.16. The van der Waals surface area contributed by atoms with Crippen LogP contribution in [-0.4, -0.2) is 34.4 Å². The molecular formula is C20H27ClN4OS. The SMILES string of the molecule is CC(C)[C@H](C)NC(=O)[C@@H]1CCCN(c2nc(Cc3ccc(Cl)cc3)ns2)C1. The summed E-state index contributed by atoms with van der Waals surface area (Å²) in [5.74, 6) is 1.43. The molecular weight excluding hydrogens is 380 g/mol. The number of amides is 1. The summed E-state index contributed by atoms with van der Waals surface area (Å²) in [5.41, 5.74) is 1.14. The van der Waals surface area contributed by atoms with Gasteiger partial charge in [-0.2, -0.15) is 4.37 Å². The van der Waals surface area contributed by atoms with Crippen LogP contribution in [0.15, 0.2) is 24.3 Å². The number of carbonyl (C=O) groups is 1. The largest absolute Gasteiger partial charge is 0.353 e. The Morgan fingerprint density at radius 3 is 2.78 bits per heavy atom. The predicted molar refractivity (Wildman–Crippen MR) is 112 cm³/mol. The van der Waals surface area contributed by atoms with Crippen molar-refractivity contribution in [1.82, 2.24) is 14.7 Å². The molecule has 3 rings (SSSR count). The molecule has 0 saturated carbocycles. The molecule has 1 aromatic carbocycles. The molecule has 7 heteroatoms. The van der Waals surface area contributed by atoms with Gasteiger partial charge in [0.25, 0.3) is 0 Å². The van der Waals surface area contributed by atoms with Gasteiger partial charge in [-0.1, -0.05) is 37.6 Å². The van der Waals surface area contributed by atoms with Crippen molar-refractivity contribution >= 4 is 34.2 Å². The third kappa shape index (κ3) is 5.42. The quantitative estimate of drug-likeness (QED) is 0.782. The number of benzene rings is 1. The van der Waals surface area contributed by atoms with Crippen molar-refractivity contribution in [2.45, 2.75) is 46.1 Å². The molecule has 0 spiro atoms. The second-order valence-electron chi connectivity index (χ2n) is 7.62. The third-order valence-corrected chi connectivity index (χ3v) is 6.23. The van der Waals surface area contributed by atoms with Crippen LogP contribution in [0.3, 0.4) is 0 Å². The normalized spacial score (nSPS) is 18.6. The highest BCUT2D eigenvalue weighted by molar-refractivity contribution is 7.09. The van der Waals surface area contributed by atoms with E-state index in [1.807, 2.05) is 24.3 Å². The van der Waals surface area contributed by atoms with E-state index in [1.165, 1.54) is 11.5 Å². The zero-order valence-corrected chi connectivity index (χ0v) is 17.7. The summed E-state index contributed by atoms with van der Waals surface area (Å²) >= 11 is 7.36. The van der Waals surface area contributed by atoms with Crippen molar-refractivity contribution in [3.8, 4) is 0 Å². The van der Waals surface area contributed by atoms with Crippen molar-refractivity contribution < 1.29 is 4.79 Å². The molecule has 2 aromatic rings. The van der Waals surface area contributed by atoms with Gasteiger partial charge in [-0.3, -0.25) is 4.79 Å². The third-order valence-electron chi connectivity index (χ3n) is 5.17. The Hall–Kier alpha value is -1.66. The molecule has 0 radical (unpaired) electrons. The number of carbonyl (C=O) groups excluding carboxylic acids is 1. The summed E-state index contributed by atoms with van der Waals surface area (Å²) < 4.78 is 4.51. The molecule has 0 bridgehead atoms. The zero-order chi connectivity index (χ0) is 19.4. The summed E-state index contributed by atoms with van der Waals surface area (Å²) in [5, 5.41) is 4.80. The van der Waals surface area contributed by atoms with E-state index in [2.05, 4.69) is 35.4 Å². The van der Waals surface area contributed by atoms with Gasteiger partial charge >= 0.3 is 0 Å². The van der Waals surface area contributed by atoms with Crippen molar-refractivity contribution in [3.63, 3.8) is 0 Å². The minimum absolute atomic E-state index is 0.0172. The van der Waals surface area contributed by atoms with E-state index < -0.39 is 0 Å². The van der Waals surface area contributed by atoms with E-state index in [4.69, 9.17) is 16.6 Å². The summed E-state index contributed by atoms with van der Waals surface area (Å²) in [6.07, 6.45) is 2.63. The number of halogens is 1. The fraction of sp³-hybridized carbons (Fsp3) is 0.550. The Labute approximate surface area is 170 Å². The van der Waals surface area contributed by atoms with Crippen molar-refractivity contribution in [1.29, 1.82) is 0 Å². The smallest absolute Gasteiger partial charge is 0.225 e. The second kappa shape index (κ2) is 9.02. The first kappa shape index (κ1) is 20.1. The molecule has 0 aliphatic carbocycles. The van der Waals surface area contributed by atoms with E-state index in [9.17, 15) is 4.79 Å². The molecule has 146 valence electrons. The maximum atomic E-state index is 12.6. The first-order valence-electron chi connectivity index (χ1n) is 9.54. The van der Waals surface area contributed by atoms with Crippen LogP contribution < -0.4 is 10.2 Å². The second-order valence-corrected chi connectivity index (χ2v) is 8.79. The average Bonchev–Trinajstić information content (AvgIpc) is 3.12. The number of hydrogen-bond acceptors (Lipinski definition) is 5. The maximum absolute atomic E-state index is 12.6. The van der Waals surface area contributed by atoms with Crippen molar-refractivity contribution in [2.75, 3.05) is 18.0 Å². The van der Waals surface area contributed by atoms with Gasteiger partial charge in [-0.05, 0) is 43.4 Å². The highest BCUT2D eigenvalue weighted by atomic mass is 35.5. The lowest BCUT2D eigenvalue weighted by Crippen LogP contribution is -2.46.